The Morgan fingerprint density at radius 2 is 2.24 bits per heavy atom. The third-order valence-electron chi connectivity index (χ3n) is 5.02. The summed E-state index contributed by atoms with van der Waals surface area (Å²) in [6, 6.07) is 5.96. The van der Waals surface area contributed by atoms with Crippen LogP contribution in [0.25, 0.3) is 0 Å². The first-order chi connectivity index (χ1) is 12.2. The SMILES string of the molecule is CCOC(=O)[C@@]1(CCOC)CCCN(Cc2cccc3c2OCO3)C1. The van der Waals surface area contributed by atoms with Crippen LogP contribution in [0.5, 0.6) is 11.5 Å². The van der Waals surface area contributed by atoms with Gasteiger partial charge in [0, 0.05) is 32.4 Å². The average Bonchev–Trinajstić information content (AvgIpc) is 3.10. The van der Waals surface area contributed by atoms with Gasteiger partial charge in [-0.05, 0) is 38.8 Å². The summed E-state index contributed by atoms with van der Waals surface area (Å²) >= 11 is 0. The molecule has 2 aliphatic rings. The zero-order chi connectivity index (χ0) is 17.7. The fourth-order valence-electron chi connectivity index (χ4n) is 3.77. The second-order valence-corrected chi connectivity index (χ2v) is 6.71. The molecule has 6 nitrogen and oxygen atoms in total. The van der Waals surface area contributed by atoms with Crippen molar-refractivity contribution in [3.05, 3.63) is 23.8 Å². The maximum Gasteiger partial charge on any atom is 0.313 e. The first-order valence-corrected chi connectivity index (χ1v) is 8.94. The predicted molar refractivity (Wildman–Crippen MR) is 92.6 cm³/mol. The summed E-state index contributed by atoms with van der Waals surface area (Å²) in [5.41, 5.74) is 0.612. The van der Waals surface area contributed by atoms with Crippen LogP contribution in [0, 0.1) is 5.41 Å². The van der Waals surface area contributed by atoms with Crippen molar-refractivity contribution in [3.63, 3.8) is 0 Å². The number of benzene rings is 1. The molecule has 1 atom stereocenters. The van der Waals surface area contributed by atoms with Gasteiger partial charge in [0.05, 0.1) is 12.0 Å². The summed E-state index contributed by atoms with van der Waals surface area (Å²) in [6.45, 7) is 5.47. The number of piperidine rings is 1. The molecule has 0 saturated carbocycles. The van der Waals surface area contributed by atoms with Gasteiger partial charge in [0.1, 0.15) is 0 Å². The van der Waals surface area contributed by atoms with E-state index in [4.69, 9.17) is 18.9 Å². The van der Waals surface area contributed by atoms with Crippen molar-refractivity contribution in [3.8, 4) is 11.5 Å². The number of para-hydroxylation sites is 1. The molecule has 0 bridgehead atoms. The van der Waals surface area contributed by atoms with E-state index in [1.807, 2.05) is 19.1 Å². The standard InChI is InChI=1S/C19H27NO5/c1-3-23-18(21)19(9-11-22-2)8-5-10-20(13-19)12-15-6-4-7-16-17(15)25-14-24-16/h4,6-7H,3,5,8-14H2,1-2H3/t19-/m1/s1. The average molecular weight is 349 g/mol. The Morgan fingerprint density at radius 1 is 1.36 bits per heavy atom. The second kappa shape index (κ2) is 8.06. The molecule has 138 valence electrons. The Morgan fingerprint density at radius 3 is 3.04 bits per heavy atom. The summed E-state index contributed by atoms with van der Waals surface area (Å²) in [6.07, 6.45) is 2.50. The smallest absolute Gasteiger partial charge is 0.313 e. The zero-order valence-electron chi connectivity index (χ0n) is 15.1. The lowest BCUT2D eigenvalue weighted by Crippen LogP contribution is -2.48. The van der Waals surface area contributed by atoms with Crippen LogP contribution in [0.3, 0.4) is 0 Å². The van der Waals surface area contributed by atoms with Crippen molar-refractivity contribution in [2.45, 2.75) is 32.7 Å². The molecule has 3 rings (SSSR count). The molecule has 1 saturated heterocycles. The van der Waals surface area contributed by atoms with E-state index in [9.17, 15) is 4.79 Å². The maximum atomic E-state index is 12.7. The Balaban J connectivity index is 1.74. The second-order valence-electron chi connectivity index (χ2n) is 6.71. The number of fused-ring (bicyclic) bond motifs is 1. The van der Waals surface area contributed by atoms with Crippen molar-refractivity contribution < 1.29 is 23.7 Å². The van der Waals surface area contributed by atoms with Crippen LogP contribution in [0.1, 0.15) is 31.7 Å². The van der Waals surface area contributed by atoms with Gasteiger partial charge in [-0.3, -0.25) is 9.69 Å². The van der Waals surface area contributed by atoms with Crippen molar-refractivity contribution in [2.24, 2.45) is 5.41 Å². The molecule has 2 aliphatic heterocycles. The van der Waals surface area contributed by atoms with Crippen LogP contribution in [0.4, 0.5) is 0 Å². The van der Waals surface area contributed by atoms with Crippen LogP contribution < -0.4 is 9.47 Å². The highest BCUT2D eigenvalue weighted by Crippen LogP contribution is 2.39. The molecule has 0 aliphatic carbocycles. The summed E-state index contributed by atoms with van der Waals surface area (Å²) in [5.74, 6) is 1.52. The number of carbonyl (C=O) groups excluding carboxylic acids is 1. The van der Waals surface area contributed by atoms with Gasteiger partial charge in [-0.15, -0.1) is 0 Å². The molecule has 2 heterocycles. The Hall–Kier alpha value is -1.79. The molecule has 6 heteroatoms. The lowest BCUT2D eigenvalue weighted by atomic mass is 9.77. The lowest BCUT2D eigenvalue weighted by Gasteiger charge is -2.41. The van der Waals surface area contributed by atoms with Crippen LogP contribution in [0.2, 0.25) is 0 Å². The zero-order valence-corrected chi connectivity index (χ0v) is 15.1. The molecule has 1 fully saturated rings. The molecule has 25 heavy (non-hydrogen) atoms. The van der Waals surface area contributed by atoms with Crippen LogP contribution >= 0.6 is 0 Å². The minimum absolute atomic E-state index is 0.102. The number of esters is 1. The van der Waals surface area contributed by atoms with Gasteiger partial charge in [0.25, 0.3) is 0 Å². The van der Waals surface area contributed by atoms with Crippen molar-refractivity contribution in [1.29, 1.82) is 0 Å². The van der Waals surface area contributed by atoms with Gasteiger partial charge in [-0.25, -0.2) is 0 Å². The predicted octanol–water partition coefficient (Wildman–Crippen LogP) is 2.60. The number of nitrogens with zero attached hydrogens (tertiary/aromatic N) is 1. The van der Waals surface area contributed by atoms with E-state index < -0.39 is 5.41 Å². The highest BCUT2D eigenvalue weighted by Gasteiger charge is 2.43. The van der Waals surface area contributed by atoms with Crippen molar-refractivity contribution in [2.75, 3.05) is 40.2 Å². The number of ether oxygens (including phenoxy) is 4. The monoisotopic (exact) mass is 349 g/mol. The molecular weight excluding hydrogens is 322 g/mol. The Bertz CT molecular complexity index is 605. The van der Waals surface area contributed by atoms with E-state index >= 15 is 0 Å². The molecule has 0 unspecified atom stereocenters. The molecule has 1 aromatic carbocycles. The molecular formula is C19H27NO5. The first kappa shape index (κ1) is 18.0. The number of hydrogen-bond acceptors (Lipinski definition) is 6. The number of likely N-dealkylation sites (tertiary alicyclic amines) is 1. The van der Waals surface area contributed by atoms with Gasteiger partial charge in [-0.1, -0.05) is 12.1 Å². The van der Waals surface area contributed by atoms with Gasteiger partial charge < -0.3 is 18.9 Å². The third-order valence-corrected chi connectivity index (χ3v) is 5.02. The fraction of sp³-hybridized carbons (Fsp3) is 0.632. The first-order valence-electron chi connectivity index (χ1n) is 8.94. The van der Waals surface area contributed by atoms with E-state index in [2.05, 4.69) is 11.0 Å². The molecule has 1 aromatic rings. The van der Waals surface area contributed by atoms with Crippen LogP contribution in [-0.4, -0.2) is 51.1 Å². The highest BCUT2D eigenvalue weighted by molar-refractivity contribution is 5.77. The molecule has 0 aromatic heterocycles. The minimum Gasteiger partial charge on any atom is -0.466 e. The molecule has 0 radical (unpaired) electrons. The molecule has 0 amide bonds. The topological polar surface area (TPSA) is 57.2 Å². The van der Waals surface area contributed by atoms with E-state index in [0.29, 0.717) is 26.2 Å². The van der Waals surface area contributed by atoms with Crippen molar-refractivity contribution in [1.82, 2.24) is 4.90 Å². The van der Waals surface area contributed by atoms with E-state index in [1.54, 1.807) is 7.11 Å². The van der Waals surface area contributed by atoms with Crippen LogP contribution in [0.15, 0.2) is 18.2 Å². The summed E-state index contributed by atoms with van der Waals surface area (Å²) in [4.78, 5) is 15.0. The number of rotatable bonds is 7. The fourth-order valence-corrected chi connectivity index (χ4v) is 3.77. The molecule has 0 N–H and O–H groups in total. The Kier molecular flexibility index (Phi) is 5.81. The van der Waals surface area contributed by atoms with Gasteiger partial charge in [-0.2, -0.15) is 0 Å². The van der Waals surface area contributed by atoms with E-state index in [0.717, 1.165) is 43.0 Å². The highest BCUT2D eigenvalue weighted by atomic mass is 16.7. The summed E-state index contributed by atoms with van der Waals surface area (Å²) in [5, 5.41) is 0. The van der Waals surface area contributed by atoms with Gasteiger partial charge in [0.2, 0.25) is 6.79 Å². The number of hydrogen-bond donors (Lipinski definition) is 0. The number of methoxy groups -OCH3 is 1. The summed E-state index contributed by atoms with van der Waals surface area (Å²) in [7, 11) is 1.67. The third kappa shape index (κ3) is 3.90. The largest absolute Gasteiger partial charge is 0.466 e. The lowest BCUT2D eigenvalue weighted by molar-refractivity contribution is -0.160. The minimum atomic E-state index is -0.487. The number of carbonyl (C=O) groups is 1. The summed E-state index contributed by atoms with van der Waals surface area (Å²) < 4.78 is 21.7. The van der Waals surface area contributed by atoms with Gasteiger partial charge in [0.15, 0.2) is 11.5 Å². The van der Waals surface area contributed by atoms with E-state index in [-0.39, 0.29) is 12.8 Å². The van der Waals surface area contributed by atoms with E-state index in [1.165, 1.54) is 0 Å². The van der Waals surface area contributed by atoms with Crippen molar-refractivity contribution >= 4 is 5.97 Å². The Labute approximate surface area is 149 Å². The van der Waals surface area contributed by atoms with Gasteiger partial charge >= 0.3 is 5.97 Å². The maximum absolute atomic E-state index is 12.7. The normalized spacial score (nSPS) is 22.8. The quantitative estimate of drug-likeness (QED) is 0.705. The molecule has 0 spiro atoms. The van der Waals surface area contributed by atoms with Crippen LogP contribution in [-0.2, 0) is 20.8 Å².